The van der Waals surface area contributed by atoms with Gasteiger partial charge in [0, 0.05) is 0 Å². The van der Waals surface area contributed by atoms with E-state index in [1.807, 2.05) is 0 Å². The van der Waals surface area contributed by atoms with Crippen LogP contribution in [0.15, 0.2) is 0 Å². The van der Waals surface area contributed by atoms with Crippen molar-refractivity contribution in [2.24, 2.45) is 0 Å². The zero-order chi connectivity index (χ0) is 12.7. The quantitative estimate of drug-likeness (QED) is 0.826. The molecule has 0 fully saturated rings. The molecule has 0 aliphatic rings. The summed E-state index contributed by atoms with van der Waals surface area (Å²) in [6, 6.07) is 0. The summed E-state index contributed by atoms with van der Waals surface area (Å²) in [5.41, 5.74) is 0. The minimum atomic E-state index is -3.88. The van der Waals surface area contributed by atoms with Crippen LogP contribution < -0.4 is 4.13 Å². The van der Waals surface area contributed by atoms with Crippen molar-refractivity contribution in [1.82, 2.24) is 4.13 Å². The average molecular weight is 273 g/mol. The Labute approximate surface area is 99.7 Å². The predicted octanol–water partition coefficient (Wildman–Crippen LogP) is 1.47. The smallest absolute Gasteiger partial charge is 0.211 e. The van der Waals surface area contributed by atoms with Crippen LogP contribution in [0.2, 0.25) is 0 Å². The molecule has 100 valence electrons. The molecule has 0 aromatic heterocycles. The molecule has 1 N–H and O–H groups in total. The van der Waals surface area contributed by atoms with Crippen LogP contribution in [-0.2, 0) is 20.0 Å². The van der Waals surface area contributed by atoms with Gasteiger partial charge in [0.05, 0.1) is 9.49 Å². The van der Waals surface area contributed by atoms with Crippen molar-refractivity contribution in [1.29, 1.82) is 0 Å². The number of sulfonamides is 2. The molecule has 16 heavy (non-hydrogen) atoms. The molecule has 0 saturated heterocycles. The monoisotopic (exact) mass is 273 g/mol. The predicted molar refractivity (Wildman–Crippen MR) is 67.2 cm³/mol. The maximum atomic E-state index is 11.6. The topological polar surface area (TPSA) is 80.3 Å². The summed E-state index contributed by atoms with van der Waals surface area (Å²) in [7, 11) is -7.75. The van der Waals surface area contributed by atoms with Crippen molar-refractivity contribution in [2.45, 2.75) is 58.5 Å². The summed E-state index contributed by atoms with van der Waals surface area (Å²) >= 11 is 0. The molecule has 0 aliphatic carbocycles. The molecule has 0 aromatic rings. The highest BCUT2D eigenvalue weighted by Gasteiger charge is 2.38. The van der Waals surface area contributed by atoms with Crippen molar-refractivity contribution in [2.75, 3.05) is 0 Å². The van der Waals surface area contributed by atoms with Crippen LogP contribution in [0.5, 0.6) is 0 Å². The molecular weight excluding hydrogens is 250 g/mol. The Kier molecular flexibility index (Phi) is 5.26. The van der Waals surface area contributed by atoms with E-state index >= 15 is 0 Å². The van der Waals surface area contributed by atoms with Gasteiger partial charge in [-0.25, -0.2) is 16.8 Å². The van der Waals surface area contributed by atoms with Gasteiger partial charge < -0.3 is 0 Å². The van der Waals surface area contributed by atoms with Crippen LogP contribution in [-0.4, -0.2) is 26.3 Å². The lowest BCUT2D eigenvalue weighted by Gasteiger charge is -2.24. The van der Waals surface area contributed by atoms with Crippen LogP contribution in [0.1, 0.15) is 49.0 Å². The van der Waals surface area contributed by atoms with E-state index in [4.69, 9.17) is 0 Å². The third-order valence-corrected chi connectivity index (χ3v) is 6.81. The lowest BCUT2D eigenvalue weighted by Crippen LogP contribution is -2.48. The van der Waals surface area contributed by atoms with Gasteiger partial charge in [-0.05, 0) is 41.5 Å². The second-order valence-electron chi connectivity index (χ2n) is 5.31. The van der Waals surface area contributed by atoms with E-state index in [9.17, 15) is 16.8 Å². The van der Waals surface area contributed by atoms with E-state index in [0.29, 0.717) is 0 Å². The molecule has 0 saturated carbocycles. The Morgan fingerprint density at radius 3 is 1.00 bits per heavy atom. The second kappa shape index (κ2) is 4.62. The van der Waals surface area contributed by atoms with E-state index in [1.165, 1.54) is 41.5 Å². The maximum absolute atomic E-state index is 11.6. The van der Waals surface area contributed by atoms with Crippen molar-refractivity contribution in [3.63, 3.8) is 0 Å². The standard InChI is InChI=1S/C8H19NO4S2.CH4/c1-7(2,3)14(10,11)9-15(12,13)8(4,5)6;/h9H,1-6H3;1H4. The Balaban J connectivity index is 0. The molecule has 0 heterocycles. The molecule has 0 aromatic carbocycles. The van der Waals surface area contributed by atoms with Gasteiger partial charge in [0.25, 0.3) is 0 Å². The average Bonchev–Trinajstić information content (AvgIpc) is 1.77. The third-order valence-electron chi connectivity index (χ3n) is 1.83. The van der Waals surface area contributed by atoms with Gasteiger partial charge in [0.2, 0.25) is 20.0 Å². The highest BCUT2D eigenvalue weighted by Crippen LogP contribution is 2.19. The number of hydrogen-bond donors (Lipinski definition) is 1. The Morgan fingerprint density at radius 1 is 0.688 bits per heavy atom. The summed E-state index contributed by atoms with van der Waals surface area (Å²) in [6.07, 6.45) is 0. The Morgan fingerprint density at radius 2 is 0.875 bits per heavy atom. The van der Waals surface area contributed by atoms with Gasteiger partial charge in [-0.1, -0.05) is 7.43 Å². The van der Waals surface area contributed by atoms with Crippen LogP contribution in [0.3, 0.4) is 0 Å². The Hall–Kier alpha value is -0.140. The van der Waals surface area contributed by atoms with Crippen molar-refractivity contribution >= 4 is 20.0 Å². The van der Waals surface area contributed by atoms with E-state index < -0.39 is 29.5 Å². The molecule has 0 atom stereocenters. The second-order valence-corrected chi connectivity index (χ2v) is 10.4. The molecule has 0 bridgehead atoms. The number of hydrogen-bond acceptors (Lipinski definition) is 4. The lowest BCUT2D eigenvalue weighted by atomic mass is 10.3. The summed E-state index contributed by atoms with van der Waals surface area (Å²) in [4.78, 5) is 0. The zero-order valence-corrected chi connectivity index (χ0v) is 11.6. The number of nitrogens with one attached hydrogen (secondary N) is 1. The van der Waals surface area contributed by atoms with Crippen LogP contribution in [0.4, 0.5) is 0 Å². The van der Waals surface area contributed by atoms with Gasteiger partial charge in [0.1, 0.15) is 0 Å². The van der Waals surface area contributed by atoms with Gasteiger partial charge in [-0.2, -0.15) is 0 Å². The fourth-order valence-electron chi connectivity index (χ4n) is 0.394. The fraction of sp³-hybridized carbons (Fsp3) is 1.00. The minimum Gasteiger partial charge on any atom is -0.211 e. The molecular formula is C9H23NO4S2. The third kappa shape index (κ3) is 4.03. The zero-order valence-electron chi connectivity index (χ0n) is 9.95. The van der Waals surface area contributed by atoms with E-state index in [1.54, 1.807) is 4.13 Å². The lowest BCUT2D eigenvalue weighted by molar-refractivity contribution is 0.537. The first-order valence-corrected chi connectivity index (χ1v) is 7.45. The van der Waals surface area contributed by atoms with E-state index in [2.05, 4.69) is 0 Å². The van der Waals surface area contributed by atoms with Crippen molar-refractivity contribution in [3.05, 3.63) is 0 Å². The largest absolute Gasteiger partial charge is 0.229 e. The van der Waals surface area contributed by atoms with Crippen molar-refractivity contribution < 1.29 is 16.8 Å². The summed E-state index contributed by atoms with van der Waals surface area (Å²) in [5, 5.41) is 0. The SMILES string of the molecule is C.CC(C)(C)S(=O)(=O)NS(=O)(=O)C(C)(C)C. The fourth-order valence-corrected chi connectivity index (χ4v) is 3.55. The molecule has 7 heteroatoms. The first-order chi connectivity index (χ1) is 6.21. The summed E-state index contributed by atoms with van der Waals surface area (Å²) < 4.78 is 46.0. The Bertz CT molecular complexity index is 379. The van der Waals surface area contributed by atoms with Crippen LogP contribution in [0.25, 0.3) is 0 Å². The molecule has 0 aliphatic heterocycles. The van der Waals surface area contributed by atoms with Gasteiger partial charge in [0.15, 0.2) is 0 Å². The first-order valence-electron chi connectivity index (χ1n) is 4.48. The molecule has 0 radical (unpaired) electrons. The van der Waals surface area contributed by atoms with E-state index in [-0.39, 0.29) is 7.43 Å². The number of rotatable bonds is 2. The van der Waals surface area contributed by atoms with Crippen LogP contribution in [0, 0.1) is 0 Å². The van der Waals surface area contributed by atoms with Gasteiger partial charge in [-0.15, -0.1) is 4.13 Å². The van der Waals surface area contributed by atoms with Crippen molar-refractivity contribution in [3.8, 4) is 0 Å². The van der Waals surface area contributed by atoms with E-state index in [0.717, 1.165) is 0 Å². The molecule has 0 rings (SSSR count). The van der Waals surface area contributed by atoms with Crippen LogP contribution >= 0.6 is 0 Å². The normalized spacial score (nSPS) is 14.4. The highest BCUT2D eigenvalue weighted by atomic mass is 32.3. The molecule has 0 amide bonds. The highest BCUT2D eigenvalue weighted by molar-refractivity contribution is 8.05. The summed E-state index contributed by atoms with van der Waals surface area (Å²) in [6.45, 7) is 8.63. The minimum absolute atomic E-state index is 0. The maximum Gasteiger partial charge on any atom is 0.229 e. The summed E-state index contributed by atoms with van der Waals surface area (Å²) in [5.74, 6) is 0. The molecule has 5 nitrogen and oxygen atoms in total. The van der Waals surface area contributed by atoms with Gasteiger partial charge >= 0.3 is 0 Å². The van der Waals surface area contributed by atoms with Gasteiger partial charge in [-0.3, -0.25) is 0 Å². The molecule has 0 spiro atoms. The first kappa shape index (κ1) is 18.2. The molecule has 0 unspecified atom stereocenters.